The van der Waals surface area contributed by atoms with Gasteiger partial charge in [0.25, 0.3) is 0 Å². The van der Waals surface area contributed by atoms with Gasteiger partial charge in [-0.15, -0.1) is 11.3 Å². The number of aryl methyl sites for hydroxylation is 1. The van der Waals surface area contributed by atoms with Crippen molar-refractivity contribution < 1.29 is 19.4 Å². The molecule has 0 amide bonds. The summed E-state index contributed by atoms with van der Waals surface area (Å²) in [6, 6.07) is 10.4. The van der Waals surface area contributed by atoms with E-state index in [-0.39, 0.29) is 18.3 Å². The molecule has 20 heavy (non-hydrogen) atoms. The Morgan fingerprint density at radius 3 is 2.75 bits per heavy atom. The Morgan fingerprint density at radius 1 is 1.35 bits per heavy atom. The first kappa shape index (κ1) is 14.4. The molecule has 0 aliphatic rings. The van der Waals surface area contributed by atoms with Crippen LogP contribution in [0.1, 0.15) is 15.7 Å². The van der Waals surface area contributed by atoms with Crippen LogP contribution in [-0.2, 0) is 9.53 Å². The molecule has 0 fully saturated rings. The zero-order valence-electron chi connectivity index (χ0n) is 11.3. The Morgan fingerprint density at radius 2 is 2.15 bits per heavy atom. The number of carbonyl (C=O) groups is 1. The highest BCUT2D eigenvalue weighted by Gasteiger charge is 2.24. The van der Waals surface area contributed by atoms with E-state index in [1.165, 1.54) is 13.2 Å². The monoisotopic (exact) mass is 292 g/mol. The maximum atomic E-state index is 11.9. The zero-order chi connectivity index (χ0) is 14.5. The smallest absolute Gasteiger partial charge is 0.317 e. The average molecular weight is 292 g/mol. The molecule has 1 heterocycles. The first-order chi connectivity index (χ1) is 9.60. The van der Waals surface area contributed by atoms with E-state index >= 15 is 0 Å². The van der Waals surface area contributed by atoms with Gasteiger partial charge in [0, 0.05) is 15.8 Å². The fourth-order valence-corrected chi connectivity index (χ4v) is 2.75. The summed E-state index contributed by atoms with van der Waals surface area (Å²) in [4.78, 5) is 13.9. The largest absolute Gasteiger partial charge is 0.508 e. The van der Waals surface area contributed by atoms with Crippen LogP contribution in [0.5, 0.6) is 11.5 Å². The third-order valence-corrected chi connectivity index (χ3v) is 3.94. The van der Waals surface area contributed by atoms with Gasteiger partial charge in [-0.2, -0.15) is 0 Å². The second-order valence-corrected chi connectivity index (χ2v) is 5.65. The van der Waals surface area contributed by atoms with Crippen molar-refractivity contribution in [2.45, 2.75) is 12.8 Å². The van der Waals surface area contributed by atoms with E-state index in [1.54, 1.807) is 29.5 Å². The molecular weight excluding hydrogens is 276 g/mol. The van der Waals surface area contributed by atoms with Crippen LogP contribution < -0.4 is 4.74 Å². The van der Waals surface area contributed by atoms with Crippen molar-refractivity contribution in [3.05, 3.63) is 46.2 Å². The lowest BCUT2D eigenvalue weighted by Crippen LogP contribution is -2.20. The van der Waals surface area contributed by atoms with E-state index in [4.69, 9.17) is 9.47 Å². The van der Waals surface area contributed by atoms with Crippen LogP contribution in [-0.4, -0.2) is 24.8 Å². The van der Waals surface area contributed by atoms with Crippen LogP contribution in [0.3, 0.4) is 0 Å². The van der Waals surface area contributed by atoms with Crippen LogP contribution >= 0.6 is 11.3 Å². The first-order valence-corrected chi connectivity index (χ1v) is 6.98. The minimum absolute atomic E-state index is 0.129. The van der Waals surface area contributed by atoms with E-state index in [9.17, 15) is 9.90 Å². The highest BCUT2D eigenvalue weighted by atomic mass is 32.1. The fourth-order valence-electron chi connectivity index (χ4n) is 1.80. The summed E-state index contributed by atoms with van der Waals surface area (Å²) in [6.45, 7) is 2.16. The number of phenolic OH excluding ortho intramolecular Hbond substituents is 1. The van der Waals surface area contributed by atoms with Crippen LogP contribution in [0.4, 0.5) is 0 Å². The van der Waals surface area contributed by atoms with Gasteiger partial charge >= 0.3 is 5.97 Å². The van der Waals surface area contributed by atoms with Gasteiger partial charge in [-0.25, -0.2) is 0 Å². The van der Waals surface area contributed by atoms with Gasteiger partial charge in [-0.1, -0.05) is 6.07 Å². The third kappa shape index (κ3) is 3.51. The van der Waals surface area contributed by atoms with Crippen molar-refractivity contribution >= 4 is 17.3 Å². The molecule has 0 saturated carbocycles. The molecule has 1 aromatic carbocycles. The summed E-state index contributed by atoms with van der Waals surface area (Å²) in [7, 11) is 1.37. The Bertz CT molecular complexity index is 591. The molecular formula is C15H16O4S. The Kier molecular flexibility index (Phi) is 4.63. The van der Waals surface area contributed by atoms with E-state index in [1.807, 2.05) is 19.1 Å². The number of phenols is 1. The van der Waals surface area contributed by atoms with E-state index < -0.39 is 5.92 Å². The maximum Gasteiger partial charge on any atom is 0.317 e. The minimum atomic E-state index is -0.457. The molecule has 0 spiro atoms. The molecule has 106 valence electrons. The summed E-state index contributed by atoms with van der Waals surface area (Å²) in [5, 5.41) is 9.38. The zero-order valence-corrected chi connectivity index (χ0v) is 12.1. The van der Waals surface area contributed by atoms with Gasteiger partial charge in [0.1, 0.15) is 24.0 Å². The van der Waals surface area contributed by atoms with Crippen molar-refractivity contribution in [2.75, 3.05) is 13.7 Å². The lowest BCUT2D eigenvalue weighted by molar-refractivity contribution is -0.143. The number of hydrogen-bond donors (Lipinski definition) is 1. The van der Waals surface area contributed by atoms with E-state index in [0.717, 1.165) is 9.75 Å². The van der Waals surface area contributed by atoms with Gasteiger partial charge in [0.05, 0.1) is 7.11 Å². The average Bonchev–Trinajstić information content (AvgIpc) is 2.85. The minimum Gasteiger partial charge on any atom is -0.508 e. The molecule has 0 saturated heterocycles. The predicted octanol–water partition coefficient (Wildman–Crippen LogP) is 3.10. The molecule has 1 atom stereocenters. The van der Waals surface area contributed by atoms with Crippen LogP contribution in [0, 0.1) is 6.92 Å². The van der Waals surface area contributed by atoms with Gasteiger partial charge < -0.3 is 14.6 Å². The van der Waals surface area contributed by atoms with Gasteiger partial charge in [-0.3, -0.25) is 4.79 Å². The normalized spacial score (nSPS) is 11.9. The lowest BCUT2D eigenvalue weighted by Gasteiger charge is -2.14. The molecule has 4 nitrogen and oxygen atoms in total. The van der Waals surface area contributed by atoms with Crippen molar-refractivity contribution in [3.8, 4) is 11.5 Å². The standard InChI is InChI=1S/C15H16O4S/c1-10-6-7-14(20-10)13(15(17)18-2)9-19-12-5-3-4-11(16)8-12/h3-8,13,16H,9H2,1-2H3. The number of esters is 1. The molecule has 1 aromatic heterocycles. The molecule has 0 radical (unpaired) electrons. The van der Waals surface area contributed by atoms with Gasteiger partial charge in [0.2, 0.25) is 0 Å². The molecule has 5 heteroatoms. The predicted molar refractivity (Wildman–Crippen MR) is 77.4 cm³/mol. The van der Waals surface area contributed by atoms with Crippen molar-refractivity contribution in [2.24, 2.45) is 0 Å². The maximum absolute atomic E-state index is 11.9. The fraction of sp³-hybridized carbons (Fsp3) is 0.267. The topological polar surface area (TPSA) is 55.8 Å². The molecule has 0 aliphatic heterocycles. The van der Waals surface area contributed by atoms with E-state index in [0.29, 0.717) is 5.75 Å². The number of aromatic hydroxyl groups is 1. The van der Waals surface area contributed by atoms with Crippen molar-refractivity contribution in [1.29, 1.82) is 0 Å². The molecule has 0 bridgehead atoms. The lowest BCUT2D eigenvalue weighted by atomic mass is 10.1. The summed E-state index contributed by atoms with van der Waals surface area (Å²) >= 11 is 1.55. The molecule has 1 N–H and O–H groups in total. The van der Waals surface area contributed by atoms with Crippen molar-refractivity contribution in [1.82, 2.24) is 0 Å². The van der Waals surface area contributed by atoms with Crippen molar-refractivity contribution in [3.63, 3.8) is 0 Å². The number of ether oxygens (including phenoxy) is 2. The van der Waals surface area contributed by atoms with Crippen LogP contribution in [0.15, 0.2) is 36.4 Å². The Balaban J connectivity index is 2.11. The third-order valence-electron chi connectivity index (χ3n) is 2.82. The number of thiophene rings is 1. The SMILES string of the molecule is COC(=O)C(COc1cccc(O)c1)c1ccc(C)s1. The molecule has 1 unspecified atom stereocenters. The van der Waals surface area contributed by atoms with Crippen LogP contribution in [0.2, 0.25) is 0 Å². The second kappa shape index (κ2) is 6.43. The van der Waals surface area contributed by atoms with Gasteiger partial charge in [-0.05, 0) is 31.2 Å². The van der Waals surface area contributed by atoms with E-state index in [2.05, 4.69) is 0 Å². The Labute approximate surface area is 121 Å². The highest BCUT2D eigenvalue weighted by Crippen LogP contribution is 2.27. The second-order valence-electron chi connectivity index (χ2n) is 4.33. The number of carbonyl (C=O) groups excluding carboxylic acids is 1. The molecule has 2 rings (SSSR count). The number of hydrogen-bond acceptors (Lipinski definition) is 5. The summed E-state index contributed by atoms with van der Waals surface area (Å²) in [5.41, 5.74) is 0. The number of rotatable bonds is 5. The quantitative estimate of drug-likeness (QED) is 0.860. The number of methoxy groups -OCH3 is 1. The van der Waals surface area contributed by atoms with Gasteiger partial charge in [0.15, 0.2) is 0 Å². The Hall–Kier alpha value is -2.01. The molecule has 0 aliphatic carbocycles. The number of benzene rings is 1. The molecule has 2 aromatic rings. The first-order valence-electron chi connectivity index (χ1n) is 6.16. The highest BCUT2D eigenvalue weighted by molar-refractivity contribution is 7.12. The summed E-state index contributed by atoms with van der Waals surface area (Å²) in [6.07, 6.45) is 0. The van der Waals surface area contributed by atoms with Crippen LogP contribution in [0.25, 0.3) is 0 Å². The summed E-state index contributed by atoms with van der Waals surface area (Å²) < 4.78 is 10.4. The summed E-state index contributed by atoms with van der Waals surface area (Å²) in [5.74, 6) is -0.135.